The largest absolute Gasteiger partial charge is 0.330 e. The van der Waals surface area contributed by atoms with Crippen LogP contribution in [-0.2, 0) is 0 Å². The second-order valence-electron chi connectivity index (χ2n) is 7.35. The summed E-state index contributed by atoms with van der Waals surface area (Å²) < 4.78 is 0. The van der Waals surface area contributed by atoms with Gasteiger partial charge in [0.15, 0.2) is 0 Å². The van der Waals surface area contributed by atoms with Gasteiger partial charge < -0.3 is 20.4 Å². The van der Waals surface area contributed by atoms with Crippen molar-refractivity contribution in [3.05, 3.63) is 0 Å². The van der Waals surface area contributed by atoms with Crippen molar-refractivity contribution < 1.29 is 0 Å². The molecule has 0 aliphatic rings. The summed E-state index contributed by atoms with van der Waals surface area (Å²) in [6.45, 7) is 11.3. The van der Waals surface area contributed by atoms with Crippen LogP contribution in [0.25, 0.3) is 0 Å². The van der Waals surface area contributed by atoms with Crippen molar-refractivity contribution in [3.63, 3.8) is 0 Å². The van der Waals surface area contributed by atoms with E-state index < -0.39 is 0 Å². The minimum atomic E-state index is 0.642. The van der Waals surface area contributed by atoms with Crippen molar-refractivity contribution in [1.29, 1.82) is 0 Å². The number of rotatable bonds is 13. The normalized spacial score (nSPS) is 13.9. The smallest absolute Gasteiger partial charge is 0.00218 e. The second-order valence-corrected chi connectivity index (χ2v) is 7.35. The Kier molecular flexibility index (Phi) is 12.3. The molecule has 4 nitrogen and oxygen atoms in total. The molecule has 21 heavy (non-hydrogen) atoms. The fraction of sp³-hybridized carbons (Fsp3) is 1.00. The lowest BCUT2D eigenvalue weighted by Crippen LogP contribution is -2.36. The molecule has 0 aliphatic heterocycles. The van der Waals surface area contributed by atoms with Crippen molar-refractivity contribution in [2.45, 2.75) is 33.1 Å². The monoisotopic (exact) mass is 300 g/mol. The van der Waals surface area contributed by atoms with Gasteiger partial charge in [0.2, 0.25) is 0 Å². The lowest BCUT2D eigenvalue weighted by atomic mass is 9.96. The maximum atomic E-state index is 5.98. The fourth-order valence-electron chi connectivity index (χ4n) is 2.79. The van der Waals surface area contributed by atoms with Gasteiger partial charge in [-0.05, 0) is 92.0 Å². The zero-order chi connectivity index (χ0) is 16.3. The van der Waals surface area contributed by atoms with Crippen LogP contribution in [0.4, 0.5) is 0 Å². The molecule has 0 aliphatic carbocycles. The molecule has 0 aromatic rings. The predicted octanol–water partition coefficient (Wildman–Crippen LogP) is 1.81. The Morgan fingerprint density at radius 3 is 1.62 bits per heavy atom. The molecule has 0 spiro atoms. The van der Waals surface area contributed by atoms with Crippen LogP contribution in [0.5, 0.6) is 0 Å². The summed E-state index contributed by atoms with van der Waals surface area (Å²) in [5.74, 6) is 1.38. The van der Waals surface area contributed by atoms with E-state index in [1.165, 1.54) is 45.4 Å². The van der Waals surface area contributed by atoms with Gasteiger partial charge in [0.1, 0.15) is 0 Å². The molecule has 0 aromatic carbocycles. The van der Waals surface area contributed by atoms with E-state index in [0.717, 1.165) is 19.0 Å². The highest BCUT2D eigenvalue weighted by molar-refractivity contribution is 4.69. The number of hydrogen-bond acceptors (Lipinski definition) is 4. The van der Waals surface area contributed by atoms with Crippen LogP contribution in [0.15, 0.2) is 0 Å². The van der Waals surface area contributed by atoms with Crippen molar-refractivity contribution in [2.24, 2.45) is 17.6 Å². The molecule has 0 amide bonds. The van der Waals surface area contributed by atoms with E-state index in [9.17, 15) is 0 Å². The molecule has 0 saturated heterocycles. The van der Waals surface area contributed by atoms with Gasteiger partial charge in [0.25, 0.3) is 0 Å². The minimum absolute atomic E-state index is 0.642. The van der Waals surface area contributed by atoms with Gasteiger partial charge in [-0.15, -0.1) is 0 Å². The number of nitrogens with zero attached hydrogens (tertiary/aromatic N) is 3. The van der Waals surface area contributed by atoms with Crippen molar-refractivity contribution in [2.75, 3.05) is 67.5 Å². The molecule has 1 atom stereocenters. The summed E-state index contributed by atoms with van der Waals surface area (Å²) in [6.07, 6.45) is 3.73. The third-order valence-corrected chi connectivity index (χ3v) is 3.81. The highest BCUT2D eigenvalue weighted by Crippen LogP contribution is 2.13. The van der Waals surface area contributed by atoms with Crippen molar-refractivity contribution in [3.8, 4) is 0 Å². The van der Waals surface area contributed by atoms with Gasteiger partial charge in [-0.2, -0.15) is 0 Å². The van der Waals surface area contributed by atoms with E-state index >= 15 is 0 Å². The van der Waals surface area contributed by atoms with Crippen LogP contribution in [-0.4, -0.2) is 82.2 Å². The Balaban J connectivity index is 4.25. The van der Waals surface area contributed by atoms with E-state index in [-0.39, 0.29) is 0 Å². The third kappa shape index (κ3) is 13.2. The standard InChI is InChI=1S/C17H40N4/c1-16(2)13-17(14-18)15-21(11-7-9-19(3)4)12-8-10-20(5)6/h16-17H,7-15,18H2,1-6H3. The van der Waals surface area contributed by atoms with E-state index in [1.807, 2.05) is 0 Å². The van der Waals surface area contributed by atoms with Gasteiger partial charge in [-0.3, -0.25) is 0 Å². The molecule has 128 valence electrons. The molecule has 0 saturated carbocycles. The third-order valence-electron chi connectivity index (χ3n) is 3.81. The second kappa shape index (κ2) is 12.4. The summed E-state index contributed by atoms with van der Waals surface area (Å²) in [5.41, 5.74) is 5.98. The molecule has 0 aromatic heterocycles. The Bertz CT molecular complexity index is 215. The molecule has 0 bridgehead atoms. The average molecular weight is 301 g/mol. The first kappa shape index (κ1) is 20.8. The molecule has 0 fully saturated rings. The van der Waals surface area contributed by atoms with Crippen LogP contribution >= 0.6 is 0 Å². The molecule has 0 heterocycles. The van der Waals surface area contributed by atoms with Gasteiger partial charge in [-0.1, -0.05) is 13.8 Å². The van der Waals surface area contributed by atoms with E-state index in [4.69, 9.17) is 5.73 Å². The van der Waals surface area contributed by atoms with Gasteiger partial charge in [0.05, 0.1) is 0 Å². The summed E-state index contributed by atoms with van der Waals surface area (Å²) in [7, 11) is 8.60. The first-order valence-corrected chi connectivity index (χ1v) is 8.57. The first-order valence-electron chi connectivity index (χ1n) is 8.57. The summed E-state index contributed by atoms with van der Waals surface area (Å²) in [5, 5.41) is 0. The van der Waals surface area contributed by atoms with Gasteiger partial charge in [0, 0.05) is 6.54 Å². The zero-order valence-electron chi connectivity index (χ0n) is 15.4. The zero-order valence-corrected chi connectivity index (χ0v) is 15.4. The fourth-order valence-corrected chi connectivity index (χ4v) is 2.79. The Morgan fingerprint density at radius 1 is 0.810 bits per heavy atom. The van der Waals surface area contributed by atoms with Crippen LogP contribution < -0.4 is 5.73 Å². The first-order chi connectivity index (χ1) is 9.85. The summed E-state index contributed by atoms with van der Waals surface area (Å²) in [6, 6.07) is 0. The van der Waals surface area contributed by atoms with Crippen LogP contribution in [0, 0.1) is 11.8 Å². The molecular weight excluding hydrogens is 260 g/mol. The van der Waals surface area contributed by atoms with Gasteiger partial charge >= 0.3 is 0 Å². The Labute approximate surface area is 133 Å². The van der Waals surface area contributed by atoms with Crippen molar-refractivity contribution >= 4 is 0 Å². The minimum Gasteiger partial charge on any atom is -0.330 e. The van der Waals surface area contributed by atoms with Crippen LogP contribution in [0.3, 0.4) is 0 Å². The van der Waals surface area contributed by atoms with E-state index in [0.29, 0.717) is 5.92 Å². The number of nitrogens with two attached hydrogens (primary N) is 1. The summed E-state index contributed by atoms with van der Waals surface area (Å²) >= 11 is 0. The Morgan fingerprint density at radius 2 is 1.29 bits per heavy atom. The molecule has 1 unspecified atom stereocenters. The van der Waals surface area contributed by atoms with Crippen molar-refractivity contribution in [1.82, 2.24) is 14.7 Å². The molecule has 0 rings (SSSR count). The molecule has 2 N–H and O–H groups in total. The molecule has 4 heteroatoms. The molecular formula is C17H40N4. The maximum absolute atomic E-state index is 5.98. The van der Waals surface area contributed by atoms with Crippen LogP contribution in [0.2, 0.25) is 0 Å². The van der Waals surface area contributed by atoms with Gasteiger partial charge in [-0.25, -0.2) is 0 Å². The SMILES string of the molecule is CC(C)CC(CN)CN(CCCN(C)C)CCCN(C)C. The summed E-state index contributed by atoms with van der Waals surface area (Å²) in [4.78, 5) is 7.17. The lowest BCUT2D eigenvalue weighted by molar-refractivity contribution is 0.199. The Hall–Kier alpha value is -0.160. The van der Waals surface area contributed by atoms with E-state index in [1.54, 1.807) is 0 Å². The average Bonchev–Trinajstić information content (AvgIpc) is 2.36. The lowest BCUT2D eigenvalue weighted by Gasteiger charge is -2.28. The topological polar surface area (TPSA) is 35.7 Å². The van der Waals surface area contributed by atoms with E-state index in [2.05, 4.69) is 56.7 Å². The quantitative estimate of drug-likeness (QED) is 0.563. The highest BCUT2D eigenvalue weighted by Gasteiger charge is 2.14. The molecule has 0 radical (unpaired) electrons. The number of hydrogen-bond donors (Lipinski definition) is 1. The van der Waals surface area contributed by atoms with Crippen LogP contribution in [0.1, 0.15) is 33.1 Å². The predicted molar refractivity (Wildman–Crippen MR) is 94.8 cm³/mol. The maximum Gasteiger partial charge on any atom is 0.00218 e. The highest BCUT2D eigenvalue weighted by atomic mass is 15.1.